The Labute approximate surface area is 149 Å². The molecule has 3 aliphatic rings. The second-order valence-corrected chi connectivity index (χ2v) is 7.84. The van der Waals surface area contributed by atoms with Crippen LogP contribution in [0.2, 0.25) is 0 Å². The quantitative estimate of drug-likeness (QED) is 0.397. The van der Waals surface area contributed by atoms with E-state index in [1.165, 1.54) is 12.7 Å². The SMILES string of the molecule is COCC(=O)OC1CCC2(CO2)C(C2(C)OC2CC=C(C)C)C1OC. The van der Waals surface area contributed by atoms with Crippen molar-refractivity contribution in [1.29, 1.82) is 0 Å². The molecular weight excluding hydrogens is 324 g/mol. The zero-order valence-electron chi connectivity index (χ0n) is 15.9. The average molecular weight is 354 g/mol. The Hall–Kier alpha value is -0.950. The van der Waals surface area contributed by atoms with E-state index in [1.807, 2.05) is 0 Å². The second-order valence-electron chi connectivity index (χ2n) is 7.84. The summed E-state index contributed by atoms with van der Waals surface area (Å²) in [5, 5.41) is 0. The smallest absolute Gasteiger partial charge is 0.332 e. The summed E-state index contributed by atoms with van der Waals surface area (Å²) in [5.74, 6) is -0.307. The molecule has 1 aliphatic carbocycles. The largest absolute Gasteiger partial charge is 0.458 e. The summed E-state index contributed by atoms with van der Waals surface area (Å²) in [5.41, 5.74) is 0.781. The van der Waals surface area contributed by atoms with Gasteiger partial charge in [-0.1, -0.05) is 11.6 Å². The number of hydrogen-bond acceptors (Lipinski definition) is 6. The van der Waals surface area contributed by atoms with Crippen molar-refractivity contribution in [2.45, 2.75) is 69.5 Å². The third kappa shape index (κ3) is 3.63. The highest BCUT2D eigenvalue weighted by atomic mass is 16.6. The van der Waals surface area contributed by atoms with Crippen LogP contribution in [-0.4, -0.2) is 62.9 Å². The van der Waals surface area contributed by atoms with E-state index in [0.717, 1.165) is 25.9 Å². The molecule has 142 valence electrons. The normalized spacial score (nSPS) is 42.1. The molecule has 0 radical (unpaired) electrons. The maximum Gasteiger partial charge on any atom is 0.332 e. The molecule has 0 bridgehead atoms. The Morgan fingerprint density at radius 2 is 2.04 bits per heavy atom. The van der Waals surface area contributed by atoms with Crippen LogP contribution in [-0.2, 0) is 28.5 Å². The van der Waals surface area contributed by atoms with Gasteiger partial charge in [0, 0.05) is 14.2 Å². The zero-order chi connectivity index (χ0) is 18.2. The van der Waals surface area contributed by atoms with Crippen LogP contribution in [0.15, 0.2) is 11.6 Å². The predicted octanol–water partition coefficient (Wildman–Crippen LogP) is 2.25. The number of methoxy groups -OCH3 is 2. The van der Waals surface area contributed by atoms with Crippen LogP contribution in [0, 0.1) is 5.92 Å². The van der Waals surface area contributed by atoms with Gasteiger partial charge in [0.15, 0.2) is 0 Å². The molecule has 2 aliphatic heterocycles. The van der Waals surface area contributed by atoms with E-state index >= 15 is 0 Å². The van der Waals surface area contributed by atoms with Crippen molar-refractivity contribution in [3.8, 4) is 0 Å². The van der Waals surface area contributed by atoms with E-state index in [-0.39, 0.29) is 48.0 Å². The summed E-state index contributed by atoms with van der Waals surface area (Å²) < 4.78 is 28.3. The summed E-state index contributed by atoms with van der Waals surface area (Å²) in [6.07, 6.45) is 4.30. The molecule has 0 N–H and O–H groups in total. The van der Waals surface area contributed by atoms with Crippen molar-refractivity contribution < 1.29 is 28.5 Å². The summed E-state index contributed by atoms with van der Waals surface area (Å²) >= 11 is 0. The van der Waals surface area contributed by atoms with Gasteiger partial charge in [-0.25, -0.2) is 4.79 Å². The molecule has 2 saturated heterocycles. The minimum atomic E-state index is -0.357. The van der Waals surface area contributed by atoms with Gasteiger partial charge in [0.05, 0.1) is 18.6 Å². The van der Waals surface area contributed by atoms with Crippen molar-refractivity contribution in [2.24, 2.45) is 5.92 Å². The highest BCUT2D eigenvalue weighted by Gasteiger charge is 2.72. The lowest BCUT2D eigenvalue weighted by molar-refractivity contribution is -0.175. The Balaban J connectivity index is 1.75. The van der Waals surface area contributed by atoms with Gasteiger partial charge in [0.25, 0.3) is 0 Å². The Morgan fingerprint density at radius 3 is 2.60 bits per heavy atom. The van der Waals surface area contributed by atoms with Crippen LogP contribution >= 0.6 is 0 Å². The lowest BCUT2D eigenvalue weighted by Gasteiger charge is -2.42. The number of epoxide rings is 2. The Morgan fingerprint density at radius 1 is 1.32 bits per heavy atom. The molecule has 6 atom stereocenters. The molecule has 1 saturated carbocycles. The molecule has 0 amide bonds. The van der Waals surface area contributed by atoms with Gasteiger partial charge >= 0.3 is 5.97 Å². The van der Waals surface area contributed by atoms with E-state index in [0.29, 0.717) is 0 Å². The molecule has 1 spiro atoms. The highest BCUT2D eigenvalue weighted by molar-refractivity contribution is 5.71. The monoisotopic (exact) mass is 354 g/mol. The first-order valence-corrected chi connectivity index (χ1v) is 9.02. The lowest BCUT2D eigenvalue weighted by Crippen LogP contribution is -2.55. The minimum Gasteiger partial charge on any atom is -0.458 e. The second kappa shape index (κ2) is 6.99. The van der Waals surface area contributed by atoms with Gasteiger partial charge in [0.2, 0.25) is 0 Å². The zero-order valence-corrected chi connectivity index (χ0v) is 15.9. The first-order chi connectivity index (χ1) is 11.9. The number of allylic oxidation sites excluding steroid dienone is 1. The summed E-state index contributed by atoms with van der Waals surface area (Å²) in [7, 11) is 3.16. The third-order valence-corrected chi connectivity index (χ3v) is 5.78. The average Bonchev–Trinajstić information content (AvgIpc) is 3.45. The van der Waals surface area contributed by atoms with Crippen LogP contribution in [0.1, 0.15) is 40.0 Å². The maximum atomic E-state index is 11.9. The maximum absolute atomic E-state index is 11.9. The van der Waals surface area contributed by atoms with E-state index < -0.39 is 0 Å². The minimum absolute atomic E-state index is 0.0454. The molecule has 3 rings (SSSR count). The molecule has 6 nitrogen and oxygen atoms in total. The molecule has 2 heterocycles. The first-order valence-electron chi connectivity index (χ1n) is 9.02. The van der Waals surface area contributed by atoms with Crippen LogP contribution < -0.4 is 0 Å². The molecule has 0 aromatic rings. The summed E-state index contributed by atoms with van der Waals surface area (Å²) in [4.78, 5) is 11.9. The fourth-order valence-electron chi connectivity index (χ4n) is 4.39. The van der Waals surface area contributed by atoms with Gasteiger partial charge in [-0.15, -0.1) is 0 Å². The van der Waals surface area contributed by atoms with Gasteiger partial charge < -0.3 is 23.7 Å². The van der Waals surface area contributed by atoms with Crippen LogP contribution in [0.3, 0.4) is 0 Å². The molecule has 6 heteroatoms. The van der Waals surface area contributed by atoms with Crippen molar-refractivity contribution >= 4 is 5.97 Å². The Bertz CT molecular complexity index is 536. The number of rotatable bonds is 7. The van der Waals surface area contributed by atoms with Crippen molar-refractivity contribution in [3.63, 3.8) is 0 Å². The van der Waals surface area contributed by atoms with Gasteiger partial charge in [0.1, 0.15) is 30.0 Å². The number of esters is 1. The van der Waals surface area contributed by atoms with Crippen LogP contribution in [0.25, 0.3) is 0 Å². The lowest BCUT2D eigenvalue weighted by atomic mass is 9.68. The van der Waals surface area contributed by atoms with Gasteiger partial charge in [-0.05, 0) is 40.0 Å². The molecule has 0 aromatic carbocycles. The number of carbonyl (C=O) groups excluding carboxylic acids is 1. The third-order valence-electron chi connectivity index (χ3n) is 5.78. The topological polar surface area (TPSA) is 69.8 Å². The number of hydrogen-bond donors (Lipinski definition) is 0. The van der Waals surface area contributed by atoms with Crippen LogP contribution in [0.5, 0.6) is 0 Å². The van der Waals surface area contributed by atoms with Crippen molar-refractivity contribution in [1.82, 2.24) is 0 Å². The van der Waals surface area contributed by atoms with E-state index in [4.69, 9.17) is 23.7 Å². The van der Waals surface area contributed by atoms with E-state index in [2.05, 4.69) is 26.8 Å². The predicted molar refractivity (Wildman–Crippen MR) is 91.3 cm³/mol. The highest BCUT2D eigenvalue weighted by Crippen LogP contribution is 2.59. The fraction of sp³-hybridized carbons (Fsp3) is 0.842. The first kappa shape index (κ1) is 18.8. The van der Waals surface area contributed by atoms with E-state index in [9.17, 15) is 4.79 Å². The standard InChI is InChI=1S/C19H30O6/c1-12(2)6-7-14-18(3,25-14)17-16(22-5)13(24-15(20)10-21-4)8-9-19(17)11-23-19/h6,13-14,16-17H,7-11H2,1-5H3. The van der Waals surface area contributed by atoms with Crippen molar-refractivity contribution in [3.05, 3.63) is 11.6 Å². The Kier molecular flexibility index (Phi) is 5.26. The summed E-state index contributed by atoms with van der Waals surface area (Å²) in [6.45, 7) is 7.00. The number of carbonyl (C=O) groups is 1. The fourth-order valence-corrected chi connectivity index (χ4v) is 4.39. The van der Waals surface area contributed by atoms with Gasteiger partial charge in [-0.3, -0.25) is 0 Å². The van der Waals surface area contributed by atoms with Gasteiger partial charge in [-0.2, -0.15) is 0 Å². The molecule has 0 aromatic heterocycles. The molecular formula is C19H30O6. The van der Waals surface area contributed by atoms with E-state index in [1.54, 1.807) is 7.11 Å². The molecule has 3 fully saturated rings. The number of ether oxygens (including phenoxy) is 5. The molecule has 6 unspecified atom stereocenters. The van der Waals surface area contributed by atoms with Crippen molar-refractivity contribution in [2.75, 3.05) is 27.4 Å². The summed E-state index contributed by atoms with van der Waals surface area (Å²) in [6, 6.07) is 0. The molecule has 25 heavy (non-hydrogen) atoms. The van der Waals surface area contributed by atoms with Crippen LogP contribution in [0.4, 0.5) is 0 Å².